The maximum Gasteiger partial charge on any atom is 0.409 e. The Morgan fingerprint density at radius 2 is 1.84 bits per heavy atom. The van der Waals surface area contributed by atoms with Gasteiger partial charge >= 0.3 is 6.09 Å². The van der Waals surface area contributed by atoms with Gasteiger partial charge in [0.05, 0.1) is 7.11 Å². The monoisotopic (exact) mass is 335 g/mol. The molecule has 2 aliphatic heterocycles. The van der Waals surface area contributed by atoms with E-state index in [0.29, 0.717) is 13.1 Å². The molecule has 2 heterocycles. The van der Waals surface area contributed by atoms with Gasteiger partial charge in [-0.1, -0.05) is 42.5 Å². The highest BCUT2D eigenvalue weighted by Crippen LogP contribution is 2.38. The normalized spacial score (nSPS) is 17.7. The third-order valence-corrected chi connectivity index (χ3v) is 5.04. The van der Waals surface area contributed by atoms with Crippen LogP contribution in [0.5, 0.6) is 5.75 Å². The number of nitrogens with zero attached hydrogens (tertiary/aromatic N) is 1. The second-order valence-corrected chi connectivity index (χ2v) is 6.58. The molecule has 1 fully saturated rings. The fraction of sp³-hybridized carbons (Fsp3) is 0.286. The third-order valence-electron chi connectivity index (χ3n) is 5.04. The molecule has 2 aliphatic rings. The molecule has 128 valence electrons. The van der Waals surface area contributed by atoms with Gasteiger partial charge in [-0.15, -0.1) is 0 Å². The minimum absolute atomic E-state index is 0.262. The van der Waals surface area contributed by atoms with Crippen molar-refractivity contribution >= 4 is 12.2 Å². The van der Waals surface area contributed by atoms with Gasteiger partial charge in [-0.3, -0.25) is 0 Å². The number of piperidine rings is 1. The number of rotatable bonds is 1. The smallest absolute Gasteiger partial charge is 0.409 e. The van der Waals surface area contributed by atoms with Crippen LogP contribution in [0.4, 0.5) is 4.79 Å². The van der Waals surface area contributed by atoms with Crippen LogP contribution in [0.2, 0.25) is 0 Å². The maximum absolute atomic E-state index is 11.7. The molecule has 2 aromatic carbocycles. The Bertz CT molecular complexity index is 805. The molecule has 0 aliphatic carbocycles. The molecule has 0 unspecified atom stereocenters. The van der Waals surface area contributed by atoms with Crippen LogP contribution in [0.25, 0.3) is 17.2 Å². The summed E-state index contributed by atoms with van der Waals surface area (Å²) in [6, 6.07) is 16.7. The lowest BCUT2D eigenvalue weighted by Gasteiger charge is -2.41. The molecule has 1 spiro atoms. The summed E-state index contributed by atoms with van der Waals surface area (Å²) in [5.41, 5.74) is 3.17. The van der Waals surface area contributed by atoms with Crippen molar-refractivity contribution in [3.05, 3.63) is 60.2 Å². The van der Waals surface area contributed by atoms with Crippen LogP contribution in [0.1, 0.15) is 18.4 Å². The zero-order valence-electron chi connectivity index (χ0n) is 14.3. The molecule has 0 bridgehead atoms. The average molecular weight is 335 g/mol. The first-order valence-corrected chi connectivity index (χ1v) is 8.60. The van der Waals surface area contributed by atoms with Crippen LogP contribution >= 0.6 is 0 Å². The number of amides is 1. The van der Waals surface area contributed by atoms with Gasteiger partial charge in [-0.05, 0) is 29.3 Å². The van der Waals surface area contributed by atoms with Gasteiger partial charge in [0.2, 0.25) is 0 Å². The molecule has 4 heteroatoms. The molecule has 0 radical (unpaired) electrons. The number of hydrogen-bond donors (Lipinski definition) is 0. The van der Waals surface area contributed by atoms with E-state index in [2.05, 4.69) is 42.5 Å². The van der Waals surface area contributed by atoms with Crippen molar-refractivity contribution in [1.29, 1.82) is 0 Å². The second-order valence-electron chi connectivity index (χ2n) is 6.58. The zero-order valence-corrected chi connectivity index (χ0v) is 14.3. The van der Waals surface area contributed by atoms with Crippen LogP contribution in [0.15, 0.2) is 54.6 Å². The van der Waals surface area contributed by atoms with Crippen LogP contribution in [-0.4, -0.2) is 36.8 Å². The lowest BCUT2D eigenvalue weighted by atomic mass is 9.88. The van der Waals surface area contributed by atoms with E-state index in [1.807, 2.05) is 18.2 Å². The van der Waals surface area contributed by atoms with Gasteiger partial charge in [0, 0.05) is 31.5 Å². The summed E-state index contributed by atoms with van der Waals surface area (Å²) in [5.74, 6) is 0.911. The van der Waals surface area contributed by atoms with Gasteiger partial charge in [-0.25, -0.2) is 4.79 Å². The molecule has 25 heavy (non-hydrogen) atoms. The Kier molecular flexibility index (Phi) is 3.96. The van der Waals surface area contributed by atoms with Crippen molar-refractivity contribution in [2.75, 3.05) is 20.2 Å². The van der Waals surface area contributed by atoms with Crippen molar-refractivity contribution in [3.8, 4) is 16.9 Å². The lowest BCUT2D eigenvalue weighted by Crippen LogP contribution is -2.49. The zero-order chi connectivity index (χ0) is 17.3. The summed E-state index contributed by atoms with van der Waals surface area (Å²) >= 11 is 0. The van der Waals surface area contributed by atoms with Gasteiger partial charge in [-0.2, -0.15) is 0 Å². The predicted octanol–water partition coefficient (Wildman–Crippen LogP) is 4.36. The quantitative estimate of drug-likeness (QED) is 0.777. The largest absolute Gasteiger partial charge is 0.482 e. The summed E-state index contributed by atoms with van der Waals surface area (Å²) in [4.78, 5) is 13.4. The molecule has 4 rings (SSSR count). The highest BCUT2D eigenvalue weighted by atomic mass is 16.5. The van der Waals surface area contributed by atoms with Gasteiger partial charge in [0.15, 0.2) is 0 Å². The Balaban J connectivity index is 1.53. The molecule has 1 saturated heterocycles. The Morgan fingerprint density at radius 1 is 1.08 bits per heavy atom. The minimum Gasteiger partial charge on any atom is -0.482 e. The standard InChI is InChI=1S/C21H21NO3/c1-24-20(23)22-13-11-21(12-14-22)10-9-18-15-17(7-8-19(18)25-21)16-5-3-2-4-6-16/h2-10,15H,11-14H2,1H3. The Morgan fingerprint density at radius 3 is 2.56 bits per heavy atom. The van der Waals surface area contributed by atoms with Crippen molar-refractivity contribution in [2.45, 2.75) is 18.4 Å². The molecular formula is C21H21NO3. The van der Waals surface area contributed by atoms with Crippen molar-refractivity contribution in [2.24, 2.45) is 0 Å². The summed E-state index contributed by atoms with van der Waals surface area (Å²) in [6.45, 7) is 1.29. The van der Waals surface area contributed by atoms with Gasteiger partial charge < -0.3 is 14.4 Å². The molecular weight excluding hydrogens is 314 g/mol. The van der Waals surface area contributed by atoms with E-state index < -0.39 is 0 Å². The SMILES string of the molecule is COC(=O)N1CCC2(C=Cc3cc(-c4ccccc4)ccc3O2)CC1. The number of ether oxygens (including phenoxy) is 2. The van der Waals surface area contributed by atoms with E-state index in [9.17, 15) is 4.79 Å². The van der Waals surface area contributed by atoms with Crippen LogP contribution < -0.4 is 4.74 Å². The molecule has 2 aromatic rings. The molecule has 0 N–H and O–H groups in total. The molecule has 4 nitrogen and oxygen atoms in total. The van der Waals surface area contributed by atoms with Crippen molar-refractivity contribution < 1.29 is 14.3 Å². The minimum atomic E-state index is -0.314. The molecule has 0 atom stereocenters. The first kappa shape index (κ1) is 15.8. The van der Waals surface area contributed by atoms with E-state index in [0.717, 1.165) is 24.2 Å². The Labute approximate surface area is 147 Å². The van der Waals surface area contributed by atoms with Crippen LogP contribution in [0, 0.1) is 0 Å². The van der Waals surface area contributed by atoms with E-state index in [1.165, 1.54) is 18.2 Å². The topological polar surface area (TPSA) is 38.8 Å². The van der Waals surface area contributed by atoms with E-state index in [1.54, 1.807) is 4.90 Å². The van der Waals surface area contributed by atoms with Gasteiger partial charge in [0.1, 0.15) is 11.4 Å². The van der Waals surface area contributed by atoms with E-state index in [4.69, 9.17) is 9.47 Å². The van der Waals surface area contributed by atoms with E-state index >= 15 is 0 Å². The number of hydrogen-bond acceptors (Lipinski definition) is 3. The third kappa shape index (κ3) is 3.00. The summed E-state index contributed by atoms with van der Waals surface area (Å²) in [5, 5.41) is 0. The number of methoxy groups -OCH3 is 1. The molecule has 1 amide bonds. The maximum atomic E-state index is 11.7. The first-order chi connectivity index (χ1) is 12.2. The van der Waals surface area contributed by atoms with Gasteiger partial charge in [0.25, 0.3) is 0 Å². The van der Waals surface area contributed by atoms with E-state index in [-0.39, 0.29) is 11.7 Å². The van der Waals surface area contributed by atoms with Crippen molar-refractivity contribution in [1.82, 2.24) is 4.90 Å². The number of fused-ring (bicyclic) bond motifs is 1. The molecule has 0 aromatic heterocycles. The fourth-order valence-corrected chi connectivity index (χ4v) is 3.54. The van der Waals surface area contributed by atoms with Crippen LogP contribution in [0.3, 0.4) is 0 Å². The van der Waals surface area contributed by atoms with Crippen LogP contribution in [-0.2, 0) is 4.74 Å². The summed E-state index contributed by atoms with van der Waals surface area (Å²) in [7, 11) is 1.42. The number of likely N-dealkylation sites (tertiary alicyclic amines) is 1. The predicted molar refractivity (Wildman–Crippen MR) is 97.5 cm³/mol. The average Bonchev–Trinajstić information content (AvgIpc) is 2.68. The fourth-order valence-electron chi connectivity index (χ4n) is 3.54. The number of carbonyl (C=O) groups excluding carboxylic acids is 1. The highest BCUT2D eigenvalue weighted by Gasteiger charge is 2.38. The second kappa shape index (κ2) is 6.28. The first-order valence-electron chi connectivity index (χ1n) is 8.60. The number of benzene rings is 2. The molecule has 0 saturated carbocycles. The highest BCUT2D eigenvalue weighted by molar-refractivity contribution is 5.72. The number of carbonyl (C=O) groups is 1. The van der Waals surface area contributed by atoms with Crippen molar-refractivity contribution in [3.63, 3.8) is 0 Å². The summed E-state index contributed by atoms with van der Waals surface area (Å²) < 4.78 is 11.2. The lowest BCUT2D eigenvalue weighted by molar-refractivity contribution is 0.0357. The summed E-state index contributed by atoms with van der Waals surface area (Å²) in [6.07, 6.45) is 5.59. The Hall–Kier alpha value is -2.75.